The van der Waals surface area contributed by atoms with Crippen molar-refractivity contribution in [1.29, 1.82) is 0 Å². The molecule has 124 valence electrons. The number of unbranched alkanes of at least 4 members (excludes halogenated alkanes) is 2. The van der Waals surface area contributed by atoms with Crippen molar-refractivity contribution in [2.75, 3.05) is 40.2 Å². The van der Waals surface area contributed by atoms with Crippen molar-refractivity contribution >= 4 is 41.8 Å². The van der Waals surface area contributed by atoms with E-state index < -0.39 is 18.6 Å². The number of hydrogen-bond donors (Lipinski definition) is 0. The summed E-state index contributed by atoms with van der Waals surface area (Å²) in [6, 6.07) is 2.14. The van der Waals surface area contributed by atoms with Crippen LogP contribution in [0.3, 0.4) is 0 Å². The van der Waals surface area contributed by atoms with Crippen molar-refractivity contribution in [3.05, 3.63) is 0 Å². The van der Waals surface area contributed by atoms with Crippen LogP contribution >= 0.6 is 23.2 Å². The van der Waals surface area contributed by atoms with E-state index >= 15 is 0 Å². The Morgan fingerprint density at radius 1 is 0.600 bits per heavy atom. The second kappa shape index (κ2) is 19.9. The van der Waals surface area contributed by atoms with Crippen LogP contribution in [0.15, 0.2) is 0 Å². The first-order valence-electron chi connectivity index (χ1n) is 6.93. The van der Waals surface area contributed by atoms with E-state index in [1.807, 2.05) is 0 Å². The summed E-state index contributed by atoms with van der Waals surface area (Å²) in [6.07, 6.45) is 4.39. The van der Waals surface area contributed by atoms with Gasteiger partial charge in [0.2, 0.25) is 0 Å². The van der Waals surface area contributed by atoms with Gasteiger partial charge < -0.3 is 17.7 Å². The molecular formula is C12H30Cl2O4Si2. The van der Waals surface area contributed by atoms with Gasteiger partial charge in [-0.25, -0.2) is 0 Å². The molecule has 0 aliphatic heterocycles. The number of alkyl halides is 2. The lowest BCUT2D eigenvalue weighted by molar-refractivity contribution is 0.276. The standard InChI is InChI=1S/2C6H15ClO2Si/c2*1-8-10(9-2)6-4-3-5-7/h2*10H,3-6H2,1-2H3. The highest BCUT2D eigenvalue weighted by Gasteiger charge is 2.07. The Bertz CT molecular complexity index is 156. The molecule has 0 atom stereocenters. The van der Waals surface area contributed by atoms with Crippen LogP contribution in [0.5, 0.6) is 0 Å². The molecule has 0 aromatic rings. The Kier molecular flexibility index (Phi) is 23.0. The van der Waals surface area contributed by atoms with E-state index in [0.29, 0.717) is 0 Å². The first-order chi connectivity index (χ1) is 9.69. The van der Waals surface area contributed by atoms with Crippen LogP contribution in [-0.4, -0.2) is 58.8 Å². The SMILES string of the molecule is CO[SiH](CCCCCl)OC.CO[SiH](CCCCCl)OC. The van der Waals surface area contributed by atoms with E-state index in [4.69, 9.17) is 40.9 Å². The summed E-state index contributed by atoms with van der Waals surface area (Å²) in [5.41, 5.74) is 0. The number of hydrogen-bond acceptors (Lipinski definition) is 4. The molecule has 0 amide bonds. The number of halogens is 2. The van der Waals surface area contributed by atoms with Gasteiger partial charge in [-0.3, -0.25) is 0 Å². The van der Waals surface area contributed by atoms with Gasteiger partial charge in [-0.2, -0.15) is 0 Å². The molecule has 8 heteroatoms. The minimum absolute atomic E-state index is 0.745. The highest BCUT2D eigenvalue weighted by Crippen LogP contribution is 2.03. The third-order valence-corrected chi connectivity index (χ3v) is 7.10. The molecule has 0 N–H and O–H groups in total. The molecule has 0 unspecified atom stereocenters. The molecule has 0 aromatic carbocycles. The maximum absolute atomic E-state index is 5.51. The zero-order valence-corrected chi connectivity index (χ0v) is 17.0. The zero-order valence-electron chi connectivity index (χ0n) is 13.2. The Morgan fingerprint density at radius 2 is 0.900 bits per heavy atom. The summed E-state index contributed by atoms with van der Waals surface area (Å²) < 4.78 is 20.5. The van der Waals surface area contributed by atoms with Crippen LogP contribution in [-0.2, 0) is 17.7 Å². The van der Waals surface area contributed by atoms with Crippen molar-refractivity contribution < 1.29 is 17.7 Å². The number of rotatable bonds is 12. The zero-order chi connectivity index (χ0) is 15.6. The van der Waals surface area contributed by atoms with Gasteiger partial charge >= 0.3 is 18.6 Å². The highest BCUT2D eigenvalue weighted by atomic mass is 35.5. The molecule has 0 aliphatic carbocycles. The quantitative estimate of drug-likeness (QED) is 0.303. The molecule has 0 fully saturated rings. The van der Waals surface area contributed by atoms with E-state index in [2.05, 4.69) is 0 Å². The van der Waals surface area contributed by atoms with E-state index in [0.717, 1.165) is 49.5 Å². The predicted molar refractivity (Wildman–Crippen MR) is 91.9 cm³/mol. The molecule has 0 aromatic heterocycles. The summed E-state index contributed by atoms with van der Waals surface area (Å²) in [7, 11) is 4.27. The van der Waals surface area contributed by atoms with Gasteiger partial charge in [0.15, 0.2) is 0 Å². The molecule has 0 bridgehead atoms. The molecule has 0 spiro atoms. The smallest absolute Gasteiger partial charge is 0.320 e. The van der Waals surface area contributed by atoms with Crippen molar-refractivity contribution in [3.8, 4) is 0 Å². The maximum atomic E-state index is 5.51. The molecule has 4 nitrogen and oxygen atoms in total. The summed E-state index contributed by atoms with van der Waals surface area (Å²) in [5, 5.41) is 0. The Balaban J connectivity index is 0. The summed E-state index contributed by atoms with van der Waals surface area (Å²) in [5.74, 6) is 1.49. The second-order valence-corrected chi connectivity index (χ2v) is 9.69. The normalized spacial score (nSPS) is 10.8. The third kappa shape index (κ3) is 16.9. The summed E-state index contributed by atoms with van der Waals surface area (Å²) in [4.78, 5) is 0. The predicted octanol–water partition coefficient (Wildman–Crippen LogP) is 3.04. The van der Waals surface area contributed by atoms with Crippen LogP contribution in [0.1, 0.15) is 25.7 Å². The summed E-state index contributed by atoms with van der Waals surface area (Å²) in [6.45, 7) is 0. The average molecular weight is 365 g/mol. The first-order valence-corrected chi connectivity index (χ1v) is 11.5. The van der Waals surface area contributed by atoms with Gasteiger partial charge in [-0.05, 0) is 24.9 Å². The Hall–Kier alpha value is 0.854. The van der Waals surface area contributed by atoms with Crippen molar-refractivity contribution in [2.24, 2.45) is 0 Å². The summed E-state index contributed by atoms with van der Waals surface area (Å²) >= 11 is 11.0. The fourth-order valence-electron chi connectivity index (χ4n) is 1.47. The van der Waals surface area contributed by atoms with E-state index in [9.17, 15) is 0 Å². The van der Waals surface area contributed by atoms with Crippen LogP contribution < -0.4 is 0 Å². The van der Waals surface area contributed by atoms with Crippen molar-refractivity contribution in [1.82, 2.24) is 0 Å². The molecule has 20 heavy (non-hydrogen) atoms. The van der Waals surface area contributed by atoms with E-state index in [1.54, 1.807) is 28.4 Å². The van der Waals surface area contributed by atoms with Crippen LogP contribution in [0.2, 0.25) is 12.1 Å². The third-order valence-electron chi connectivity index (χ3n) is 2.70. The largest absolute Gasteiger partial charge is 0.400 e. The van der Waals surface area contributed by atoms with Crippen LogP contribution in [0.25, 0.3) is 0 Å². The highest BCUT2D eigenvalue weighted by molar-refractivity contribution is 6.44. The Labute approximate surface area is 137 Å². The molecule has 0 rings (SSSR count). The maximum Gasteiger partial charge on any atom is 0.320 e. The molecular weight excluding hydrogens is 335 g/mol. The lowest BCUT2D eigenvalue weighted by Gasteiger charge is -2.08. The van der Waals surface area contributed by atoms with E-state index in [-0.39, 0.29) is 0 Å². The molecule has 0 aliphatic rings. The average Bonchev–Trinajstić information content (AvgIpc) is 2.49. The minimum Gasteiger partial charge on any atom is -0.400 e. The minimum atomic E-state index is -1.28. The Morgan fingerprint density at radius 3 is 1.10 bits per heavy atom. The van der Waals surface area contributed by atoms with Gasteiger partial charge in [0.05, 0.1) is 0 Å². The molecule has 0 saturated carbocycles. The lowest BCUT2D eigenvalue weighted by atomic mass is 10.4. The molecule has 0 radical (unpaired) electrons. The van der Waals surface area contributed by atoms with Gasteiger partial charge in [-0.15, -0.1) is 23.2 Å². The van der Waals surface area contributed by atoms with Crippen molar-refractivity contribution in [2.45, 2.75) is 37.8 Å². The van der Waals surface area contributed by atoms with Gasteiger partial charge in [-0.1, -0.05) is 12.8 Å². The fourth-order valence-corrected chi connectivity index (χ4v) is 4.42. The second-order valence-electron chi connectivity index (χ2n) is 4.17. The molecule has 0 saturated heterocycles. The van der Waals surface area contributed by atoms with Crippen LogP contribution in [0.4, 0.5) is 0 Å². The first kappa shape index (κ1) is 23.1. The lowest BCUT2D eigenvalue weighted by Crippen LogP contribution is -2.18. The van der Waals surface area contributed by atoms with Gasteiger partial charge in [0, 0.05) is 40.2 Å². The van der Waals surface area contributed by atoms with Crippen LogP contribution in [0, 0.1) is 0 Å². The fraction of sp³-hybridized carbons (Fsp3) is 1.00. The van der Waals surface area contributed by atoms with Gasteiger partial charge in [0.25, 0.3) is 0 Å². The van der Waals surface area contributed by atoms with Crippen molar-refractivity contribution in [3.63, 3.8) is 0 Å². The monoisotopic (exact) mass is 364 g/mol. The van der Waals surface area contributed by atoms with E-state index in [1.165, 1.54) is 0 Å². The topological polar surface area (TPSA) is 36.9 Å². The molecule has 0 heterocycles. The van der Waals surface area contributed by atoms with Gasteiger partial charge in [0.1, 0.15) is 0 Å².